The van der Waals surface area contributed by atoms with Gasteiger partial charge in [-0.15, -0.1) is 0 Å². The Morgan fingerprint density at radius 2 is 2.00 bits per heavy atom. The highest BCUT2D eigenvalue weighted by molar-refractivity contribution is 9.10. The van der Waals surface area contributed by atoms with Crippen molar-refractivity contribution in [2.24, 2.45) is 0 Å². The van der Waals surface area contributed by atoms with E-state index in [2.05, 4.69) is 15.9 Å². The molecule has 0 unspecified atom stereocenters. The van der Waals surface area contributed by atoms with Gasteiger partial charge in [-0.2, -0.15) is 0 Å². The van der Waals surface area contributed by atoms with Crippen LogP contribution in [0.25, 0.3) is 0 Å². The first kappa shape index (κ1) is 15.0. The van der Waals surface area contributed by atoms with Crippen LogP contribution in [0.3, 0.4) is 0 Å². The number of carboxylic acids is 1. The van der Waals surface area contributed by atoms with E-state index in [4.69, 9.17) is 5.11 Å². The first-order valence-corrected chi connectivity index (χ1v) is 6.04. The second kappa shape index (κ2) is 5.32. The minimum absolute atomic E-state index is 0.129. The molecule has 1 aromatic rings. The third-order valence-electron chi connectivity index (χ3n) is 3.01. The number of aliphatic carboxylic acids is 1. The summed E-state index contributed by atoms with van der Waals surface area (Å²) in [4.78, 5) is 12.4. The maximum absolute atomic E-state index is 13.8. The Kier molecular flexibility index (Phi) is 4.45. The van der Waals surface area contributed by atoms with E-state index in [1.807, 2.05) is 0 Å². The molecule has 0 spiro atoms. The molecule has 0 atom stereocenters. The summed E-state index contributed by atoms with van der Waals surface area (Å²) in [7, 11) is 1.51. The van der Waals surface area contributed by atoms with Crippen molar-refractivity contribution in [1.82, 2.24) is 4.90 Å². The van der Waals surface area contributed by atoms with Crippen LogP contribution >= 0.6 is 15.9 Å². The lowest BCUT2D eigenvalue weighted by Crippen LogP contribution is -2.47. The Balaban J connectivity index is 3.06. The average molecular weight is 322 g/mol. The third-order valence-corrected chi connectivity index (χ3v) is 3.62. The van der Waals surface area contributed by atoms with Crippen LogP contribution in [0.1, 0.15) is 19.4 Å². The molecule has 0 aliphatic heterocycles. The molecule has 0 saturated heterocycles. The number of carboxylic acid groups (broad SMARTS) is 1. The quantitative estimate of drug-likeness (QED) is 0.867. The van der Waals surface area contributed by atoms with Gasteiger partial charge in [-0.25, -0.2) is 8.78 Å². The van der Waals surface area contributed by atoms with Crippen LogP contribution in [-0.2, 0) is 11.3 Å². The van der Waals surface area contributed by atoms with Gasteiger partial charge in [0.1, 0.15) is 17.2 Å². The number of hydrogen-bond donors (Lipinski definition) is 1. The van der Waals surface area contributed by atoms with Crippen molar-refractivity contribution < 1.29 is 18.7 Å². The minimum Gasteiger partial charge on any atom is -0.480 e. The molecule has 0 radical (unpaired) electrons. The van der Waals surface area contributed by atoms with Crippen LogP contribution in [-0.4, -0.2) is 28.6 Å². The molecule has 1 aromatic carbocycles. The van der Waals surface area contributed by atoms with Gasteiger partial charge in [-0.1, -0.05) is 0 Å². The highest BCUT2D eigenvalue weighted by Gasteiger charge is 2.33. The molecule has 0 aliphatic rings. The summed E-state index contributed by atoms with van der Waals surface area (Å²) in [5.41, 5.74) is -1.36. The molecule has 0 aliphatic carbocycles. The number of rotatable bonds is 4. The first-order valence-electron chi connectivity index (χ1n) is 5.25. The molecule has 6 heteroatoms. The molecule has 0 amide bonds. The number of hydrogen-bond acceptors (Lipinski definition) is 2. The summed E-state index contributed by atoms with van der Waals surface area (Å²) >= 11 is 2.97. The molecule has 1 rings (SSSR count). The zero-order valence-corrected chi connectivity index (χ0v) is 11.9. The van der Waals surface area contributed by atoms with E-state index < -0.39 is 23.1 Å². The molecule has 0 saturated carbocycles. The van der Waals surface area contributed by atoms with E-state index in [1.54, 1.807) is 0 Å². The lowest BCUT2D eigenvalue weighted by Gasteiger charge is -2.31. The topological polar surface area (TPSA) is 40.5 Å². The van der Waals surface area contributed by atoms with Gasteiger partial charge in [0.2, 0.25) is 0 Å². The van der Waals surface area contributed by atoms with E-state index in [1.165, 1.54) is 31.9 Å². The van der Waals surface area contributed by atoms with E-state index >= 15 is 0 Å². The van der Waals surface area contributed by atoms with E-state index in [9.17, 15) is 13.6 Å². The maximum atomic E-state index is 13.8. The highest BCUT2D eigenvalue weighted by atomic mass is 79.9. The molecular formula is C12H14BrF2NO2. The Morgan fingerprint density at radius 3 is 2.50 bits per heavy atom. The summed E-state index contributed by atoms with van der Waals surface area (Å²) in [6, 6.07) is 2.42. The molecular weight excluding hydrogens is 308 g/mol. The van der Waals surface area contributed by atoms with Crippen LogP contribution < -0.4 is 0 Å². The Morgan fingerprint density at radius 1 is 1.44 bits per heavy atom. The molecule has 0 aromatic heterocycles. The average Bonchev–Trinajstić information content (AvgIpc) is 2.29. The molecule has 100 valence electrons. The van der Waals surface area contributed by atoms with E-state index in [-0.39, 0.29) is 16.6 Å². The summed E-state index contributed by atoms with van der Waals surface area (Å²) in [6.07, 6.45) is 0. The number of benzene rings is 1. The largest absolute Gasteiger partial charge is 0.480 e. The number of likely N-dealkylation sites (N-methyl/N-ethyl adjacent to an activating group) is 1. The summed E-state index contributed by atoms with van der Waals surface area (Å²) in [5.74, 6) is -2.45. The van der Waals surface area contributed by atoms with Crippen LogP contribution in [0.5, 0.6) is 0 Å². The Labute approximate surface area is 113 Å². The van der Waals surface area contributed by atoms with Crippen LogP contribution in [0, 0.1) is 11.6 Å². The molecule has 1 N–H and O–H groups in total. The van der Waals surface area contributed by atoms with E-state index in [0.717, 1.165) is 6.07 Å². The highest BCUT2D eigenvalue weighted by Crippen LogP contribution is 2.24. The minimum atomic E-state index is -1.21. The van der Waals surface area contributed by atoms with Crippen molar-refractivity contribution in [2.75, 3.05) is 7.05 Å². The number of carbonyl (C=O) groups is 1. The van der Waals surface area contributed by atoms with Crippen LogP contribution in [0.2, 0.25) is 0 Å². The smallest absolute Gasteiger partial charge is 0.323 e. The van der Waals surface area contributed by atoms with Crippen molar-refractivity contribution in [3.8, 4) is 0 Å². The Hall–Kier alpha value is -1.01. The van der Waals surface area contributed by atoms with Gasteiger partial charge in [-0.3, -0.25) is 9.69 Å². The van der Waals surface area contributed by atoms with E-state index in [0.29, 0.717) is 0 Å². The fourth-order valence-corrected chi connectivity index (χ4v) is 1.68. The van der Waals surface area contributed by atoms with Gasteiger partial charge in [-0.05, 0) is 49.0 Å². The molecule has 0 fully saturated rings. The molecule has 0 bridgehead atoms. The van der Waals surface area contributed by atoms with Gasteiger partial charge in [0.15, 0.2) is 0 Å². The van der Waals surface area contributed by atoms with Crippen LogP contribution in [0.15, 0.2) is 16.6 Å². The fraction of sp³-hybridized carbons (Fsp3) is 0.417. The normalized spacial score (nSPS) is 11.9. The molecule has 0 heterocycles. The second-order valence-electron chi connectivity index (χ2n) is 4.54. The number of halogens is 3. The third kappa shape index (κ3) is 2.87. The zero-order valence-electron chi connectivity index (χ0n) is 10.3. The summed E-state index contributed by atoms with van der Waals surface area (Å²) in [5, 5.41) is 9.04. The van der Waals surface area contributed by atoms with Crippen molar-refractivity contribution in [2.45, 2.75) is 25.9 Å². The number of nitrogens with zero attached hydrogens (tertiary/aromatic N) is 1. The Bertz CT molecular complexity index is 477. The lowest BCUT2D eigenvalue weighted by molar-refractivity contribution is -0.148. The van der Waals surface area contributed by atoms with Crippen molar-refractivity contribution in [3.05, 3.63) is 33.8 Å². The predicted octanol–water partition coefficient (Wildman–Crippen LogP) is 3.02. The lowest BCUT2D eigenvalue weighted by atomic mass is 10.0. The van der Waals surface area contributed by atoms with Gasteiger partial charge < -0.3 is 5.11 Å². The zero-order chi connectivity index (χ0) is 14.1. The monoisotopic (exact) mass is 321 g/mol. The van der Waals surface area contributed by atoms with Crippen molar-refractivity contribution >= 4 is 21.9 Å². The summed E-state index contributed by atoms with van der Waals surface area (Å²) < 4.78 is 27.4. The predicted molar refractivity (Wildman–Crippen MR) is 67.2 cm³/mol. The van der Waals surface area contributed by atoms with Gasteiger partial charge in [0.05, 0.1) is 4.47 Å². The second-order valence-corrected chi connectivity index (χ2v) is 5.40. The first-order chi connectivity index (χ1) is 8.17. The standard InChI is InChI=1S/C12H14BrF2NO2/c1-12(2,11(17)18)16(3)6-7-9(14)5-4-8(13)10(7)15/h4-5H,6H2,1-3H3,(H,17,18). The fourth-order valence-electron chi connectivity index (χ4n) is 1.31. The van der Waals surface area contributed by atoms with Gasteiger partial charge >= 0.3 is 5.97 Å². The van der Waals surface area contributed by atoms with Crippen molar-refractivity contribution in [3.63, 3.8) is 0 Å². The van der Waals surface area contributed by atoms with Gasteiger partial charge in [0, 0.05) is 12.1 Å². The summed E-state index contributed by atoms with van der Waals surface area (Å²) in [6.45, 7) is 2.82. The molecule has 18 heavy (non-hydrogen) atoms. The van der Waals surface area contributed by atoms with Crippen molar-refractivity contribution in [1.29, 1.82) is 0 Å². The maximum Gasteiger partial charge on any atom is 0.323 e. The van der Waals surface area contributed by atoms with Crippen LogP contribution in [0.4, 0.5) is 8.78 Å². The SMILES string of the molecule is CN(Cc1c(F)ccc(Br)c1F)C(C)(C)C(=O)O. The van der Waals surface area contributed by atoms with Gasteiger partial charge in [0.25, 0.3) is 0 Å². The molecule has 3 nitrogen and oxygen atoms in total.